The van der Waals surface area contributed by atoms with Crippen LogP contribution in [0.3, 0.4) is 0 Å². The van der Waals surface area contributed by atoms with Gasteiger partial charge in [0.15, 0.2) is 0 Å². The lowest BCUT2D eigenvalue weighted by atomic mass is 9.73. The molecule has 6 aliphatic rings. The van der Waals surface area contributed by atoms with E-state index in [9.17, 15) is 9.59 Å². The minimum Gasteiger partial charge on any atom is -0.497 e. The second-order valence-electron chi connectivity index (χ2n) is 16.1. The number of hydrogen-bond acceptors (Lipinski definition) is 10. The van der Waals surface area contributed by atoms with Crippen molar-refractivity contribution in [3.8, 4) is 11.5 Å². The summed E-state index contributed by atoms with van der Waals surface area (Å²) in [6, 6.07) is 15.7. The summed E-state index contributed by atoms with van der Waals surface area (Å²) in [4.78, 5) is 41.6. The van der Waals surface area contributed by atoms with Gasteiger partial charge in [-0.1, -0.05) is 12.2 Å². The zero-order valence-corrected chi connectivity index (χ0v) is 32.7. The van der Waals surface area contributed by atoms with Gasteiger partial charge in [-0.2, -0.15) is 0 Å². The van der Waals surface area contributed by atoms with Crippen molar-refractivity contribution in [1.29, 1.82) is 0 Å². The third-order valence-electron chi connectivity index (χ3n) is 13.1. The molecule has 6 fully saturated rings. The molecule has 10 atom stereocenters. The lowest BCUT2D eigenvalue weighted by Crippen LogP contribution is -2.55. The van der Waals surface area contributed by atoms with Gasteiger partial charge in [-0.3, -0.25) is 29.4 Å². The van der Waals surface area contributed by atoms with Crippen molar-refractivity contribution in [2.24, 2.45) is 23.7 Å². The number of aromatic nitrogens is 2. The van der Waals surface area contributed by atoms with E-state index in [1.54, 1.807) is 26.6 Å². The van der Waals surface area contributed by atoms with Gasteiger partial charge in [0.1, 0.15) is 23.7 Å². The zero-order chi connectivity index (χ0) is 38.8. The Labute approximate surface area is 329 Å². The normalized spacial score (nSPS) is 27.7. The van der Waals surface area contributed by atoms with Crippen molar-refractivity contribution in [1.82, 2.24) is 19.8 Å². The minimum absolute atomic E-state index is 0.0504. The molecule has 2 aromatic heterocycles. The summed E-state index contributed by atoms with van der Waals surface area (Å²) in [6.45, 7) is 12.0. The first kappa shape index (κ1) is 38.1. The number of methoxy groups -OCH3 is 2. The van der Waals surface area contributed by atoms with Crippen LogP contribution in [0, 0.1) is 23.7 Å². The van der Waals surface area contributed by atoms with Crippen LogP contribution >= 0.6 is 0 Å². The average Bonchev–Trinajstić information content (AvgIpc) is 3.25. The van der Waals surface area contributed by atoms with Crippen LogP contribution in [0.2, 0.25) is 0 Å². The molecule has 0 N–H and O–H groups in total. The molecule has 0 radical (unpaired) electrons. The van der Waals surface area contributed by atoms with Crippen LogP contribution in [0.5, 0.6) is 11.5 Å². The number of pyridine rings is 2. The van der Waals surface area contributed by atoms with Crippen molar-refractivity contribution < 1.29 is 28.5 Å². The number of carbonyl (C=O) groups is 2. The molecule has 0 saturated carbocycles. The van der Waals surface area contributed by atoms with Crippen molar-refractivity contribution >= 4 is 33.7 Å². The van der Waals surface area contributed by atoms with Crippen molar-refractivity contribution in [3.05, 3.63) is 97.4 Å². The second kappa shape index (κ2) is 16.7. The Morgan fingerprint density at radius 2 is 1.16 bits per heavy atom. The van der Waals surface area contributed by atoms with Gasteiger partial charge in [0.05, 0.1) is 37.3 Å². The smallest absolute Gasteiger partial charge is 0.306 e. The molecule has 10 heteroatoms. The zero-order valence-electron chi connectivity index (χ0n) is 32.7. The van der Waals surface area contributed by atoms with E-state index in [-0.39, 0.29) is 36.9 Å². The predicted octanol–water partition coefficient (Wildman–Crippen LogP) is 8.02. The van der Waals surface area contributed by atoms with Gasteiger partial charge in [0.25, 0.3) is 0 Å². The molecule has 0 amide bonds. The fraction of sp³-hybridized carbons (Fsp3) is 0.478. The van der Waals surface area contributed by atoms with E-state index in [1.165, 1.54) is 0 Å². The quantitative estimate of drug-likeness (QED) is 0.0673. The van der Waals surface area contributed by atoms with Gasteiger partial charge in [-0.15, -0.1) is 13.2 Å². The summed E-state index contributed by atoms with van der Waals surface area (Å²) < 4.78 is 24.1. The number of esters is 2. The molecule has 10 rings (SSSR count). The molecule has 0 aliphatic carbocycles. The Balaban J connectivity index is 0.957. The summed E-state index contributed by atoms with van der Waals surface area (Å²) in [5, 5.41) is 1.85. The largest absolute Gasteiger partial charge is 0.497 e. The number of unbranched alkanes of at least 4 members (excludes halogenated alkanes) is 1. The Hall–Kier alpha value is -4.80. The van der Waals surface area contributed by atoms with Crippen LogP contribution in [-0.2, 0) is 19.1 Å². The molecule has 56 heavy (non-hydrogen) atoms. The predicted molar refractivity (Wildman–Crippen MR) is 216 cm³/mol. The number of rotatable bonds is 15. The fourth-order valence-corrected chi connectivity index (χ4v) is 10.1. The molecule has 6 aliphatic heterocycles. The molecule has 2 aromatic carbocycles. The maximum absolute atomic E-state index is 13.7. The highest BCUT2D eigenvalue weighted by Crippen LogP contribution is 2.45. The minimum atomic E-state index is -0.463. The van der Waals surface area contributed by atoms with Gasteiger partial charge in [-0.25, -0.2) is 0 Å². The summed E-state index contributed by atoms with van der Waals surface area (Å²) >= 11 is 0. The van der Waals surface area contributed by atoms with Crippen LogP contribution in [0.25, 0.3) is 21.8 Å². The van der Waals surface area contributed by atoms with Crippen molar-refractivity contribution in [2.45, 2.75) is 75.7 Å². The first-order valence-electron chi connectivity index (χ1n) is 20.3. The van der Waals surface area contributed by atoms with E-state index in [4.69, 9.17) is 18.9 Å². The summed E-state index contributed by atoms with van der Waals surface area (Å²) in [7, 11) is 3.31. The van der Waals surface area contributed by atoms with E-state index in [0.29, 0.717) is 36.5 Å². The topological polar surface area (TPSA) is 103 Å². The SMILES string of the molecule is C=C[C@H]1CN2CC[C@H]1C[C@@H]2[C@H](OC(=O)CCCCC(=O)O[C@H](c1ccnc2ccc(OC)cc12)[C@H]1C[C@@H]2CCN1C[C@@H]2C=C)c1ccnc2ccc(OC)cc12. The van der Waals surface area contributed by atoms with E-state index in [1.807, 2.05) is 48.5 Å². The van der Waals surface area contributed by atoms with E-state index in [0.717, 1.165) is 96.3 Å². The lowest BCUT2D eigenvalue weighted by molar-refractivity contribution is -0.159. The first-order valence-corrected chi connectivity index (χ1v) is 20.3. The molecule has 10 nitrogen and oxygen atoms in total. The van der Waals surface area contributed by atoms with E-state index >= 15 is 0 Å². The van der Waals surface area contributed by atoms with Crippen LogP contribution < -0.4 is 9.47 Å². The molecular weight excluding hydrogens is 705 g/mol. The standard InChI is InChI=1S/C46H54N4O6/c1-5-29-27-49-21-17-31(29)23-41(49)45(35-15-19-47-39-13-11-33(53-3)25-37(35)39)55-43(51)9-7-8-10-44(52)56-46(42-24-32-18-22-50(42)28-30(32)6-2)36-16-20-48-40-14-12-34(54-4)26-38(36)40/h5-6,11-16,19-20,25-26,29-32,41-42,45-46H,1-2,7-10,17-18,21-24,27-28H2,3-4H3/t29-,30-,31-,32-,41+,42+,45+,46+/m0/s1. The second-order valence-corrected chi connectivity index (χ2v) is 16.1. The number of piperidine rings is 6. The molecule has 0 spiro atoms. The Morgan fingerprint density at radius 1 is 0.714 bits per heavy atom. The average molecular weight is 759 g/mol. The summed E-state index contributed by atoms with van der Waals surface area (Å²) in [5.74, 6) is 2.84. The first-order chi connectivity index (χ1) is 27.4. The molecule has 294 valence electrons. The lowest BCUT2D eigenvalue weighted by Gasteiger charge is -2.51. The maximum Gasteiger partial charge on any atom is 0.306 e. The third kappa shape index (κ3) is 7.65. The summed E-state index contributed by atoms with van der Waals surface area (Å²) in [6.07, 6.45) is 12.4. The highest BCUT2D eigenvalue weighted by molar-refractivity contribution is 5.85. The number of hydrogen-bond donors (Lipinski definition) is 0. The monoisotopic (exact) mass is 758 g/mol. The van der Waals surface area contributed by atoms with Gasteiger partial charge in [0, 0.05) is 60.2 Å². The van der Waals surface area contributed by atoms with Crippen LogP contribution in [0.15, 0.2) is 86.2 Å². The molecule has 4 aromatic rings. The Morgan fingerprint density at radius 3 is 1.54 bits per heavy atom. The number of fused-ring (bicyclic) bond motifs is 8. The maximum atomic E-state index is 13.7. The van der Waals surface area contributed by atoms with Gasteiger partial charge < -0.3 is 18.9 Å². The number of nitrogens with zero attached hydrogens (tertiary/aromatic N) is 4. The molecule has 8 heterocycles. The Bertz CT molecular complexity index is 1940. The van der Waals surface area contributed by atoms with Crippen molar-refractivity contribution in [2.75, 3.05) is 40.4 Å². The highest BCUT2D eigenvalue weighted by atomic mass is 16.5. The van der Waals surface area contributed by atoms with Gasteiger partial charge in [0.2, 0.25) is 0 Å². The van der Waals surface area contributed by atoms with Crippen molar-refractivity contribution in [3.63, 3.8) is 0 Å². The highest BCUT2D eigenvalue weighted by Gasteiger charge is 2.46. The van der Waals surface area contributed by atoms with E-state index < -0.39 is 12.2 Å². The number of benzene rings is 2. The Kier molecular flexibility index (Phi) is 11.4. The molecule has 4 bridgehead atoms. The fourth-order valence-electron chi connectivity index (χ4n) is 10.1. The molecule has 2 unspecified atom stereocenters. The molecule has 6 saturated heterocycles. The van der Waals surface area contributed by atoms with Crippen LogP contribution in [0.1, 0.15) is 74.7 Å². The van der Waals surface area contributed by atoms with E-state index in [2.05, 4.69) is 45.1 Å². The van der Waals surface area contributed by atoms with Gasteiger partial charge >= 0.3 is 11.9 Å². The number of carbonyl (C=O) groups excluding carboxylic acids is 2. The number of ether oxygens (including phenoxy) is 4. The van der Waals surface area contributed by atoms with Crippen LogP contribution in [0.4, 0.5) is 0 Å². The summed E-state index contributed by atoms with van der Waals surface area (Å²) in [5.41, 5.74) is 3.55. The van der Waals surface area contributed by atoms with Gasteiger partial charge in [-0.05, 0) is 124 Å². The van der Waals surface area contributed by atoms with Crippen LogP contribution in [-0.4, -0.2) is 84.2 Å². The third-order valence-corrected chi connectivity index (χ3v) is 13.1. The molecular formula is C46H54N4O6.